The average molecular weight is 272 g/mol. The van der Waals surface area contributed by atoms with Crippen LogP contribution in [0.2, 0.25) is 0 Å². The second-order valence-corrected chi connectivity index (χ2v) is 3.73. The molecular weight excluding hydrogens is 263 g/mol. The first-order valence-electron chi connectivity index (χ1n) is 3.94. The Morgan fingerprint density at radius 1 is 1.50 bits per heavy atom. The minimum Gasteiger partial charge on any atom is -0.276 e. The van der Waals surface area contributed by atoms with E-state index in [1.165, 1.54) is 16.5 Å². The molecule has 2 rings (SSSR count). The van der Waals surface area contributed by atoms with Crippen LogP contribution in [-0.2, 0) is 6.42 Å². The third-order valence-corrected chi connectivity index (χ3v) is 2.84. The van der Waals surface area contributed by atoms with Crippen LogP contribution < -0.4 is 0 Å². The van der Waals surface area contributed by atoms with Crippen LogP contribution in [0.15, 0.2) is 18.2 Å². The second-order valence-electron chi connectivity index (χ2n) is 2.71. The lowest BCUT2D eigenvalue weighted by molar-refractivity contribution is 1.07. The molecule has 0 atom stereocenters. The molecule has 0 saturated heterocycles. The number of aromatic amines is 1. The van der Waals surface area contributed by atoms with E-state index >= 15 is 0 Å². The first-order chi connectivity index (χ1) is 5.83. The Morgan fingerprint density at radius 2 is 2.33 bits per heavy atom. The summed E-state index contributed by atoms with van der Waals surface area (Å²) in [6.07, 6.45) is 1.05. The fourth-order valence-corrected chi connectivity index (χ4v) is 1.93. The summed E-state index contributed by atoms with van der Waals surface area (Å²) < 4.78 is 1.05. The van der Waals surface area contributed by atoms with Crippen LogP contribution in [0.25, 0.3) is 10.9 Å². The first kappa shape index (κ1) is 8.04. The number of aromatic nitrogens is 2. The number of aryl methyl sites for hydroxylation is 1. The lowest BCUT2D eigenvalue weighted by atomic mass is 10.1. The summed E-state index contributed by atoms with van der Waals surface area (Å²) in [5, 5.41) is 8.45. The molecule has 0 spiro atoms. The van der Waals surface area contributed by atoms with Crippen molar-refractivity contribution in [3.8, 4) is 0 Å². The van der Waals surface area contributed by atoms with Crippen LogP contribution in [0.5, 0.6) is 0 Å². The maximum Gasteiger partial charge on any atom is 0.130 e. The quantitative estimate of drug-likeness (QED) is 0.794. The van der Waals surface area contributed by atoms with Crippen LogP contribution in [-0.4, -0.2) is 10.2 Å². The molecule has 0 bridgehead atoms. The zero-order valence-corrected chi connectivity index (χ0v) is 8.92. The van der Waals surface area contributed by atoms with Crippen molar-refractivity contribution in [1.29, 1.82) is 0 Å². The smallest absolute Gasteiger partial charge is 0.130 e. The van der Waals surface area contributed by atoms with Crippen molar-refractivity contribution >= 4 is 33.5 Å². The highest BCUT2D eigenvalue weighted by atomic mass is 127. The van der Waals surface area contributed by atoms with Gasteiger partial charge in [-0.1, -0.05) is 25.1 Å². The Labute approximate surface area is 84.5 Å². The molecule has 0 aliphatic rings. The number of para-hydroxylation sites is 1. The molecule has 1 aromatic carbocycles. The second kappa shape index (κ2) is 3.05. The van der Waals surface area contributed by atoms with E-state index in [1.54, 1.807) is 0 Å². The summed E-state index contributed by atoms with van der Waals surface area (Å²) in [6, 6.07) is 6.31. The third kappa shape index (κ3) is 1.12. The Hall–Kier alpha value is -0.580. The van der Waals surface area contributed by atoms with Crippen LogP contribution in [0, 0.1) is 3.70 Å². The Balaban J connectivity index is 2.81. The lowest BCUT2D eigenvalue weighted by Gasteiger charge is -1.96. The van der Waals surface area contributed by atoms with Crippen LogP contribution >= 0.6 is 22.6 Å². The van der Waals surface area contributed by atoms with Gasteiger partial charge in [0.15, 0.2) is 0 Å². The van der Waals surface area contributed by atoms with Gasteiger partial charge in [0.2, 0.25) is 0 Å². The van der Waals surface area contributed by atoms with E-state index in [4.69, 9.17) is 0 Å². The molecule has 0 saturated carbocycles. The van der Waals surface area contributed by atoms with E-state index in [-0.39, 0.29) is 0 Å². The molecule has 0 amide bonds. The van der Waals surface area contributed by atoms with Gasteiger partial charge in [0.1, 0.15) is 3.70 Å². The maximum absolute atomic E-state index is 4.17. The van der Waals surface area contributed by atoms with Gasteiger partial charge in [-0.2, -0.15) is 5.10 Å². The molecule has 0 radical (unpaired) electrons. The number of H-pyrrole nitrogens is 1. The zero-order valence-electron chi connectivity index (χ0n) is 6.76. The van der Waals surface area contributed by atoms with E-state index in [0.29, 0.717) is 0 Å². The normalized spacial score (nSPS) is 10.8. The predicted octanol–water partition coefficient (Wildman–Crippen LogP) is 2.73. The molecule has 1 heterocycles. The summed E-state index contributed by atoms with van der Waals surface area (Å²) in [5.74, 6) is 0. The van der Waals surface area contributed by atoms with Gasteiger partial charge in [-0.05, 0) is 34.6 Å². The van der Waals surface area contributed by atoms with Gasteiger partial charge in [0, 0.05) is 5.39 Å². The predicted molar refractivity (Wildman–Crippen MR) is 58.2 cm³/mol. The van der Waals surface area contributed by atoms with Gasteiger partial charge in [-0.3, -0.25) is 5.10 Å². The van der Waals surface area contributed by atoms with Crippen molar-refractivity contribution in [2.75, 3.05) is 0 Å². The van der Waals surface area contributed by atoms with Crippen molar-refractivity contribution < 1.29 is 0 Å². The van der Waals surface area contributed by atoms with Gasteiger partial charge < -0.3 is 0 Å². The van der Waals surface area contributed by atoms with Crippen molar-refractivity contribution in [2.24, 2.45) is 0 Å². The number of rotatable bonds is 1. The fraction of sp³-hybridized carbons (Fsp3) is 0.222. The Kier molecular flexibility index (Phi) is 2.04. The number of nitrogens with zero attached hydrogens (tertiary/aromatic N) is 1. The molecule has 0 fully saturated rings. The number of halogens is 1. The number of nitrogens with one attached hydrogen (secondary N) is 1. The van der Waals surface area contributed by atoms with E-state index in [9.17, 15) is 0 Å². The van der Waals surface area contributed by atoms with E-state index in [2.05, 4.69) is 57.9 Å². The summed E-state index contributed by atoms with van der Waals surface area (Å²) in [6.45, 7) is 2.16. The molecule has 2 nitrogen and oxygen atoms in total. The SMILES string of the molecule is CCc1cccc2c(I)n[nH]c12. The highest BCUT2D eigenvalue weighted by Crippen LogP contribution is 2.20. The minimum atomic E-state index is 1.05. The molecule has 0 aliphatic heterocycles. The monoisotopic (exact) mass is 272 g/mol. The number of fused-ring (bicyclic) bond motifs is 1. The third-order valence-electron chi connectivity index (χ3n) is 2.02. The molecule has 1 N–H and O–H groups in total. The average Bonchev–Trinajstić information content (AvgIpc) is 2.48. The number of hydrogen-bond donors (Lipinski definition) is 1. The summed E-state index contributed by atoms with van der Waals surface area (Å²) >= 11 is 2.24. The van der Waals surface area contributed by atoms with Gasteiger partial charge in [0.25, 0.3) is 0 Å². The largest absolute Gasteiger partial charge is 0.276 e. The molecule has 1 aromatic heterocycles. The Morgan fingerprint density at radius 3 is 3.08 bits per heavy atom. The van der Waals surface area contributed by atoms with E-state index in [1.807, 2.05) is 0 Å². The van der Waals surface area contributed by atoms with Crippen LogP contribution in [0.1, 0.15) is 12.5 Å². The maximum atomic E-state index is 4.17. The molecule has 62 valence electrons. The molecule has 12 heavy (non-hydrogen) atoms. The van der Waals surface area contributed by atoms with Gasteiger partial charge >= 0.3 is 0 Å². The first-order valence-corrected chi connectivity index (χ1v) is 5.02. The highest BCUT2D eigenvalue weighted by Gasteiger charge is 2.04. The molecule has 2 aromatic rings. The van der Waals surface area contributed by atoms with Crippen molar-refractivity contribution in [3.63, 3.8) is 0 Å². The fourth-order valence-electron chi connectivity index (χ4n) is 1.36. The van der Waals surface area contributed by atoms with Crippen molar-refractivity contribution in [3.05, 3.63) is 27.5 Å². The number of hydrogen-bond acceptors (Lipinski definition) is 1. The topological polar surface area (TPSA) is 28.7 Å². The highest BCUT2D eigenvalue weighted by molar-refractivity contribution is 14.1. The Bertz CT molecular complexity index is 406. The molecule has 0 unspecified atom stereocenters. The zero-order chi connectivity index (χ0) is 8.55. The number of benzene rings is 1. The van der Waals surface area contributed by atoms with Crippen LogP contribution in [0.3, 0.4) is 0 Å². The van der Waals surface area contributed by atoms with Crippen molar-refractivity contribution in [1.82, 2.24) is 10.2 Å². The summed E-state index contributed by atoms with van der Waals surface area (Å²) in [4.78, 5) is 0. The molecule has 3 heteroatoms. The summed E-state index contributed by atoms with van der Waals surface area (Å²) in [7, 11) is 0. The van der Waals surface area contributed by atoms with Gasteiger partial charge in [-0.15, -0.1) is 0 Å². The summed E-state index contributed by atoms with van der Waals surface area (Å²) in [5.41, 5.74) is 2.52. The minimum absolute atomic E-state index is 1.05. The van der Waals surface area contributed by atoms with Gasteiger partial charge in [-0.25, -0.2) is 0 Å². The molecular formula is C9H9IN2. The standard InChI is InChI=1S/C9H9IN2/c1-2-6-4-3-5-7-8(6)11-12-9(7)10/h3-5H,2H2,1H3,(H,11,12). The molecule has 0 aliphatic carbocycles. The van der Waals surface area contributed by atoms with Crippen LogP contribution in [0.4, 0.5) is 0 Å². The lowest BCUT2D eigenvalue weighted by Crippen LogP contribution is -1.81. The van der Waals surface area contributed by atoms with Gasteiger partial charge in [0.05, 0.1) is 5.52 Å². The van der Waals surface area contributed by atoms with E-state index in [0.717, 1.165) is 10.1 Å². The van der Waals surface area contributed by atoms with E-state index < -0.39 is 0 Å². The van der Waals surface area contributed by atoms with Crippen molar-refractivity contribution in [2.45, 2.75) is 13.3 Å².